The third-order valence-electron chi connectivity index (χ3n) is 5.80. The number of amides is 1. The normalized spacial score (nSPS) is 21.9. The molecule has 2 aliphatic rings. The lowest BCUT2D eigenvalue weighted by molar-refractivity contribution is -0.131. The minimum absolute atomic E-state index is 0.168. The number of hydrogen-bond acceptors (Lipinski definition) is 5. The standard InChI is InChI=1S/C22H26N4O2/c1-16-14-19(16)20-7-5-18(28-20)6-8-21(27)25-10-3-11-26(13-12-25)22-17(15-23)4-2-9-24-22/h2,4-5,7,9,16,19H,3,6,8,10-14H2,1H3/t16-,19-/m0/s1. The number of pyridine rings is 1. The van der Waals surface area contributed by atoms with Crippen molar-refractivity contribution in [2.75, 3.05) is 31.1 Å². The zero-order chi connectivity index (χ0) is 19.5. The lowest BCUT2D eigenvalue weighted by Crippen LogP contribution is -2.35. The fraction of sp³-hybridized carbons (Fsp3) is 0.500. The van der Waals surface area contributed by atoms with Gasteiger partial charge in [-0.15, -0.1) is 0 Å². The lowest BCUT2D eigenvalue weighted by Gasteiger charge is -2.23. The number of furan rings is 1. The minimum atomic E-state index is 0.168. The predicted molar refractivity (Wildman–Crippen MR) is 106 cm³/mol. The van der Waals surface area contributed by atoms with Crippen molar-refractivity contribution in [3.63, 3.8) is 0 Å². The highest BCUT2D eigenvalue weighted by atomic mass is 16.3. The number of carbonyl (C=O) groups excluding carboxylic acids is 1. The zero-order valence-corrected chi connectivity index (χ0v) is 16.3. The molecule has 6 heteroatoms. The van der Waals surface area contributed by atoms with Crippen molar-refractivity contribution in [2.45, 2.75) is 38.5 Å². The van der Waals surface area contributed by atoms with Crippen molar-refractivity contribution < 1.29 is 9.21 Å². The maximum atomic E-state index is 12.7. The van der Waals surface area contributed by atoms with Crippen LogP contribution >= 0.6 is 0 Å². The van der Waals surface area contributed by atoms with Crippen LogP contribution in [0.3, 0.4) is 0 Å². The molecule has 6 nitrogen and oxygen atoms in total. The van der Waals surface area contributed by atoms with E-state index in [2.05, 4.69) is 28.9 Å². The fourth-order valence-corrected chi connectivity index (χ4v) is 3.95. The molecule has 2 fully saturated rings. The number of aromatic nitrogens is 1. The Morgan fingerprint density at radius 1 is 1.29 bits per heavy atom. The van der Waals surface area contributed by atoms with E-state index in [1.54, 1.807) is 18.3 Å². The molecule has 1 saturated carbocycles. The van der Waals surface area contributed by atoms with E-state index in [4.69, 9.17) is 4.42 Å². The van der Waals surface area contributed by atoms with Crippen LogP contribution in [-0.2, 0) is 11.2 Å². The van der Waals surface area contributed by atoms with Crippen LogP contribution < -0.4 is 4.90 Å². The molecule has 2 aromatic heterocycles. The molecule has 2 atom stereocenters. The quantitative estimate of drug-likeness (QED) is 0.798. The van der Waals surface area contributed by atoms with Gasteiger partial charge in [-0.25, -0.2) is 4.98 Å². The molecule has 3 heterocycles. The summed E-state index contributed by atoms with van der Waals surface area (Å²) in [5.74, 6) is 4.17. The second kappa shape index (κ2) is 8.05. The average Bonchev–Trinajstić information content (AvgIpc) is 3.35. The minimum Gasteiger partial charge on any atom is -0.466 e. The third kappa shape index (κ3) is 4.04. The van der Waals surface area contributed by atoms with E-state index in [0.717, 1.165) is 42.8 Å². The molecule has 0 radical (unpaired) electrons. The van der Waals surface area contributed by atoms with Gasteiger partial charge < -0.3 is 14.2 Å². The number of anilines is 1. The van der Waals surface area contributed by atoms with Crippen LogP contribution in [0.5, 0.6) is 0 Å². The van der Waals surface area contributed by atoms with Crippen LogP contribution in [0, 0.1) is 17.2 Å². The van der Waals surface area contributed by atoms with Crippen molar-refractivity contribution in [3.8, 4) is 6.07 Å². The molecule has 0 unspecified atom stereocenters. The van der Waals surface area contributed by atoms with Gasteiger partial charge in [0.1, 0.15) is 23.4 Å². The first-order valence-electron chi connectivity index (χ1n) is 10.1. The van der Waals surface area contributed by atoms with Gasteiger partial charge in [-0.2, -0.15) is 5.26 Å². The summed E-state index contributed by atoms with van der Waals surface area (Å²) in [5.41, 5.74) is 0.584. The summed E-state index contributed by atoms with van der Waals surface area (Å²) in [6.07, 6.45) is 4.92. The fourth-order valence-electron chi connectivity index (χ4n) is 3.95. The number of hydrogen-bond donors (Lipinski definition) is 0. The molecule has 0 N–H and O–H groups in total. The highest BCUT2D eigenvalue weighted by Crippen LogP contribution is 2.47. The monoisotopic (exact) mass is 378 g/mol. The van der Waals surface area contributed by atoms with Crippen LogP contribution in [0.2, 0.25) is 0 Å². The molecule has 4 rings (SSSR count). The second-order valence-electron chi connectivity index (χ2n) is 7.83. The Labute approximate surface area is 165 Å². The molecule has 1 aliphatic carbocycles. The highest BCUT2D eigenvalue weighted by molar-refractivity contribution is 5.76. The van der Waals surface area contributed by atoms with Gasteiger partial charge in [0.15, 0.2) is 0 Å². The van der Waals surface area contributed by atoms with Gasteiger partial charge in [-0.1, -0.05) is 6.92 Å². The topological polar surface area (TPSA) is 73.4 Å². The van der Waals surface area contributed by atoms with E-state index >= 15 is 0 Å². The summed E-state index contributed by atoms with van der Waals surface area (Å²) in [5, 5.41) is 9.30. The van der Waals surface area contributed by atoms with Crippen LogP contribution in [0.1, 0.15) is 49.2 Å². The summed E-state index contributed by atoms with van der Waals surface area (Å²) >= 11 is 0. The first kappa shape index (κ1) is 18.5. The first-order valence-corrected chi connectivity index (χ1v) is 10.1. The van der Waals surface area contributed by atoms with E-state index < -0.39 is 0 Å². The third-order valence-corrected chi connectivity index (χ3v) is 5.80. The van der Waals surface area contributed by atoms with E-state index in [-0.39, 0.29) is 5.91 Å². The molecule has 1 aliphatic heterocycles. The molecule has 0 spiro atoms. The van der Waals surface area contributed by atoms with Gasteiger partial charge in [0, 0.05) is 51.1 Å². The van der Waals surface area contributed by atoms with Crippen molar-refractivity contribution >= 4 is 11.7 Å². The number of rotatable bonds is 5. The van der Waals surface area contributed by atoms with E-state index in [1.807, 2.05) is 11.0 Å². The van der Waals surface area contributed by atoms with Gasteiger partial charge in [0.2, 0.25) is 5.91 Å². The SMILES string of the molecule is C[C@H]1C[C@@H]1c1ccc(CCC(=O)N2CCCN(c3ncccc3C#N)CC2)o1. The Balaban J connectivity index is 1.31. The molecule has 1 amide bonds. The first-order chi connectivity index (χ1) is 13.7. The Morgan fingerprint density at radius 3 is 2.93 bits per heavy atom. The molecule has 0 bridgehead atoms. The Bertz CT molecular complexity index is 885. The summed E-state index contributed by atoms with van der Waals surface area (Å²) < 4.78 is 5.92. The molecule has 0 aromatic carbocycles. The van der Waals surface area contributed by atoms with Crippen molar-refractivity contribution in [3.05, 3.63) is 47.5 Å². The molecular weight excluding hydrogens is 352 g/mol. The van der Waals surface area contributed by atoms with Crippen LogP contribution in [0.25, 0.3) is 0 Å². The van der Waals surface area contributed by atoms with Gasteiger partial charge in [-0.05, 0) is 43.0 Å². The Morgan fingerprint density at radius 2 is 2.14 bits per heavy atom. The van der Waals surface area contributed by atoms with E-state index in [0.29, 0.717) is 37.4 Å². The molecule has 146 valence electrons. The number of carbonyl (C=O) groups is 1. The summed E-state index contributed by atoms with van der Waals surface area (Å²) in [6, 6.07) is 9.86. The van der Waals surface area contributed by atoms with Gasteiger partial charge >= 0.3 is 0 Å². The lowest BCUT2D eigenvalue weighted by atomic mass is 10.2. The summed E-state index contributed by atoms with van der Waals surface area (Å²) in [6.45, 7) is 5.14. The molecule has 1 saturated heterocycles. The summed E-state index contributed by atoms with van der Waals surface area (Å²) in [7, 11) is 0. The number of nitriles is 1. The zero-order valence-electron chi connectivity index (χ0n) is 16.3. The van der Waals surface area contributed by atoms with Crippen LogP contribution in [0.15, 0.2) is 34.9 Å². The predicted octanol–water partition coefficient (Wildman–Crippen LogP) is 3.34. The summed E-state index contributed by atoms with van der Waals surface area (Å²) in [4.78, 5) is 21.1. The van der Waals surface area contributed by atoms with Gasteiger partial charge in [0.05, 0.1) is 5.56 Å². The Hall–Kier alpha value is -2.81. The number of nitrogens with zero attached hydrogens (tertiary/aromatic N) is 4. The maximum Gasteiger partial charge on any atom is 0.223 e. The molecular formula is C22H26N4O2. The van der Waals surface area contributed by atoms with Gasteiger partial charge in [-0.3, -0.25) is 4.79 Å². The number of aryl methyl sites for hydroxylation is 1. The largest absolute Gasteiger partial charge is 0.466 e. The van der Waals surface area contributed by atoms with Crippen molar-refractivity contribution in [1.29, 1.82) is 5.26 Å². The molecule has 28 heavy (non-hydrogen) atoms. The van der Waals surface area contributed by atoms with Crippen LogP contribution in [0.4, 0.5) is 5.82 Å². The van der Waals surface area contributed by atoms with E-state index in [9.17, 15) is 10.1 Å². The van der Waals surface area contributed by atoms with Crippen molar-refractivity contribution in [2.24, 2.45) is 5.92 Å². The van der Waals surface area contributed by atoms with Gasteiger partial charge in [0.25, 0.3) is 0 Å². The van der Waals surface area contributed by atoms with Crippen LogP contribution in [-0.4, -0.2) is 42.0 Å². The molecule has 2 aromatic rings. The van der Waals surface area contributed by atoms with Crippen molar-refractivity contribution in [1.82, 2.24) is 9.88 Å². The smallest absolute Gasteiger partial charge is 0.223 e. The average molecular weight is 378 g/mol. The van der Waals surface area contributed by atoms with E-state index in [1.165, 1.54) is 6.42 Å². The Kier molecular flexibility index (Phi) is 5.34. The second-order valence-corrected chi connectivity index (χ2v) is 7.83. The highest BCUT2D eigenvalue weighted by Gasteiger charge is 2.36. The maximum absolute atomic E-state index is 12.7.